The molecule has 0 radical (unpaired) electrons. The van der Waals surface area contributed by atoms with Crippen LogP contribution in [0.1, 0.15) is 24.5 Å². The molecule has 4 rings (SSSR count). The van der Waals surface area contributed by atoms with Gasteiger partial charge in [0.25, 0.3) is 10.0 Å². The summed E-state index contributed by atoms with van der Waals surface area (Å²) in [6, 6.07) is 25.5. The van der Waals surface area contributed by atoms with Crippen molar-refractivity contribution >= 4 is 62.3 Å². The van der Waals surface area contributed by atoms with E-state index in [1.165, 1.54) is 36.3 Å². The molecule has 0 spiro atoms. The normalized spacial score (nSPS) is 11.8. The average Bonchev–Trinajstić information content (AvgIpc) is 3.06. The topological polar surface area (TPSA) is 96.0 Å². The van der Waals surface area contributed by atoms with Gasteiger partial charge in [-0.15, -0.1) is 0 Å². The number of hydrogen-bond donors (Lipinski definition) is 1. The van der Waals surface area contributed by atoms with Gasteiger partial charge in [0.2, 0.25) is 11.8 Å². The number of rotatable bonds is 14. The van der Waals surface area contributed by atoms with Gasteiger partial charge >= 0.3 is 0 Å². The summed E-state index contributed by atoms with van der Waals surface area (Å²) in [7, 11) is -2.93. The van der Waals surface area contributed by atoms with E-state index in [0.29, 0.717) is 23.6 Å². The summed E-state index contributed by atoms with van der Waals surface area (Å²) in [4.78, 5) is 29.7. The second-order valence-electron chi connectivity index (χ2n) is 10.4. The van der Waals surface area contributed by atoms with Gasteiger partial charge in [-0.2, -0.15) is 0 Å². The lowest BCUT2D eigenvalue weighted by molar-refractivity contribution is -0.140. The minimum absolute atomic E-state index is 0.0395. The van der Waals surface area contributed by atoms with Crippen LogP contribution in [0.3, 0.4) is 0 Å². The first-order valence-corrected chi connectivity index (χ1v) is 17.1. The predicted octanol–water partition coefficient (Wildman–Crippen LogP) is 7.02. The SMILES string of the molecule is CCCNC(=O)[C@H](Cc1ccccc1)N(Cc1ccc(Cl)c(Cl)c1)C(=O)CN(c1cc(Cl)ccc1OC)S(=O)(=O)c1ccccc1. The maximum absolute atomic E-state index is 14.6. The number of carbonyl (C=O) groups excluding carboxylic acids is 2. The van der Waals surface area contributed by atoms with Crippen molar-refractivity contribution in [2.75, 3.05) is 24.5 Å². The van der Waals surface area contributed by atoms with Crippen molar-refractivity contribution in [1.82, 2.24) is 10.2 Å². The number of sulfonamides is 1. The van der Waals surface area contributed by atoms with Gasteiger partial charge in [-0.3, -0.25) is 13.9 Å². The summed E-state index contributed by atoms with van der Waals surface area (Å²) >= 11 is 18.8. The summed E-state index contributed by atoms with van der Waals surface area (Å²) in [5.74, 6) is -0.827. The summed E-state index contributed by atoms with van der Waals surface area (Å²) in [5.41, 5.74) is 1.48. The average molecular weight is 703 g/mol. The Bertz CT molecular complexity index is 1760. The van der Waals surface area contributed by atoms with E-state index in [9.17, 15) is 18.0 Å². The van der Waals surface area contributed by atoms with E-state index in [1.807, 2.05) is 37.3 Å². The van der Waals surface area contributed by atoms with E-state index in [-0.39, 0.29) is 45.3 Å². The molecule has 0 saturated heterocycles. The highest BCUT2D eigenvalue weighted by Crippen LogP contribution is 2.35. The largest absolute Gasteiger partial charge is 0.495 e. The Labute approximate surface area is 284 Å². The molecular weight excluding hydrogens is 669 g/mol. The molecule has 0 unspecified atom stereocenters. The van der Waals surface area contributed by atoms with Crippen LogP contribution in [-0.4, -0.2) is 51.4 Å². The zero-order valence-electron chi connectivity index (χ0n) is 25.3. The fourth-order valence-electron chi connectivity index (χ4n) is 4.85. The van der Waals surface area contributed by atoms with Crippen LogP contribution in [-0.2, 0) is 32.6 Å². The van der Waals surface area contributed by atoms with Gasteiger partial charge in [-0.05, 0) is 60.0 Å². The van der Waals surface area contributed by atoms with Crippen LogP contribution in [0.4, 0.5) is 5.69 Å². The Morgan fingerprint density at radius 2 is 1.52 bits per heavy atom. The molecule has 12 heteroatoms. The molecular formula is C34H34Cl3N3O5S. The number of nitrogens with one attached hydrogen (secondary N) is 1. The van der Waals surface area contributed by atoms with E-state index in [0.717, 1.165) is 9.87 Å². The van der Waals surface area contributed by atoms with Crippen LogP contribution in [0.25, 0.3) is 0 Å². The number of halogens is 3. The highest BCUT2D eigenvalue weighted by Gasteiger charge is 2.35. The van der Waals surface area contributed by atoms with Crippen molar-refractivity contribution in [3.63, 3.8) is 0 Å². The highest BCUT2D eigenvalue weighted by atomic mass is 35.5. The van der Waals surface area contributed by atoms with E-state index < -0.39 is 28.5 Å². The molecule has 46 heavy (non-hydrogen) atoms. The van der Waals surface area contributed by atoms with Crippen molar-refractivity contribution in [1.29, 1.82) is 0 Å². The number of nitrogens with zero attached hydrogens (tertiary/aromatic N) is 2. The minimum atomic E-state index is -4.33. The molecule has 242 valence electrons. The summed E-state index contributed by atoms with van der Waals surface area (Å²) in [6.07, 6.45) is 0.859. The number of anilines is 1. The van der Waals surface area contributed by atoms with Crippen molar-refractivity contribution in [2.45, 2.75) is 37.2 Å². The van der Waals surface area contributed by atoms with E-state index in [1.54, 1.807) is 42.5 Å². The van der Waals surface area contributed by atoms with Crippen LogP contribution in [0.15, 0.2) is 102 Å². The third-order valence-corrected chi connectivity index (χ3v) is 9.92. The van der Waals surface area contributed by atoms with E-state index in [4.69, 9.17) is 39.5 Å². The summed E-state index contributed by atoms with van der Waals surface area (Å²) in [6.45, 7) is 1.60. The van der Waals surface area contributed by atoms with Crippen LogP contribution < -0.4 is 14.4 Å². The predicted molar refractivity (Wildman–Crippen MR) is 183 cm³/mol. The van der Waals surface area contributed by atoms with Gasteiger partial charge in [-0.25, -0.2) is 8.42 Å². The first-order valence-electron chi connectivity index (χ1n) is 14.5. The summed E-state index contributed by atoms with van der Waals surface area (Å²) < 4.78 is 34.8. The Kier molecular flexibility index (Phi) is 12.3. The molecule has 2 amide bonds. The van der Waals surface area contributed by atoms with Crippen LogP contribution in [0.5, 0.6) is 5.75 Å². The highest BCUT2D eigenvalue weighted by molar-refractivity contribution is 7.92. The second-order valence-corrected chi connectivity index (χ2v) is 13.5. The van der Waals surface area contributed by atoms with Crippen LogP contribution in [0.2, 0.25) is 15.1 Å². The zero-order chi connectivity index (χ0) is 33.3. The van der Waals surface area contributed by atoms with Crippen LogP contribution >= 0.6 is 34.8 Å². The van der Waals surface area contributed by atoms with Crippen molar-refractivity contribution in [3.8, 4) is 5.75 Å². The lowest BCUT2D eigenvalue weighted by Crippen LogP contribution is -2.53. The maximum atomic E-state index is 14.6. The molecule has 0 bridgehead atoms. The first kappa shape index (κ1) is 35.1. The Morgan fingerprint density at radius 3 is 2.15 bits per heavy atom. The number of carbonyl (C=O) groups is 2. The van der Waals surface area contributed by atoms with Gasteiger partial charge in [0.05, 0.1) is 27.7 Å². The molecule has 0 aromatic heterocycles. The molecule has 0 saturated carbocycles. The molecule has 1 atom stereocenters. The molecule has 0 aliphatic rings. The molecule has 0 heterocycles. The van der Waals surface area contributed by atoms with Crippen molar-refractivity contribution in [3.05, 3.63) is 123 Å². The maximum Gasteiger partial charge on any atom is 0.264 e. The number of benzene rings is 4. The van der Waals surface area contributed by atoms with Crippen LogP contribution in [0, 0.1) is 0 Å². The lowest BCUT2D eigenvalue weighted by Gasteiger charge is -2.34. The van der Waals surface area contributed by atoms with Gasteiger partial charge < -0.3 is 15.0 Å². The molecule has 0 fully saturated rings. The second kappa shape index (κ2) is 16.2. The van der Waals surface area contributed by atoms with Gasteiger partial charge in [0.15, 0.2) is 0 Å². The Hall–Kier alpha value is -3.76. The number of ether oxygens (including phenoxy) is 1. The molecule has 1 N–H and O–H groups in total. The third kappa shape index (κ3) is 8.73. The Morgan fingerprint density at radius 1 is 0.848 bits per heavy atom. The van der Waals surface area contributed by atoms with Gasteiger partial charge in [-0.1, -0.05) is 96.3 Å². The molecule has 4 aromatic carbocycles. The van der Waals surface area contributed by atoms with Crippen molar-refractivity contribution < 1.29 is 22.7 Å². The molecule has 0 aliphatic heterocycles. The molecule has 0 aliphatic carbocycles. The molecule has 4 aromatic rings. The van der Waals surface area contributed by atoms with Gasteiger partial charge in [0.1, 0.15) is 18.3 Å². The Balaban J connectivity index is 1.85. The number of amides is 2. The van der Waals surface area contributed by atoms with Gasteiger partial charge in [0, 0.05) is 24.5 Å². The quantitative estimate of drug-likeness (QED) is 0.153. The monoisotopic (exact) mass is 701 g/mol. The minimum Gasteiger partial charge on any atom is -0.495 e. The molecule has 8 nitrogen and oxygen atoms in total. The zero-order valence-corrected chi connectivity index (χ0v) is 28.4. The standard InChI is InChI=1S/C34H34Cl3N3O5S/c1-3-18-38-34(42)31(20-24-10-6-4-7-11-24)39(22-25-14-16-28(36)29(37)19-25)33(41)23-40(30-21-26(35)15-17-32(30)45-2)46(43,44)27-12-8-5-9-13-27/h4-17,19,21,31H,3,18,20,22-23H2,1-2H3,(H,38,42)/t31-/m0/s1. The smallest absolute Gasteiger partial charge is 0.264 e. The van der Waals surface area contributed by atoms with E-state index >= 15 is 0 Å². The lowest BCUT2D eigenvalue weighted by atomic mass is 10.0. The third-order valence-electron chi connectivity index (χ3n) is 7.18. The summed E-state index contributed by atoms with van der Waals surface area (Å²) in [5, 5.41) is 3.76. The first-order chi connectivity index (χ1) is 22.0. The fraction of sp³-hybridized carbons (Fsp3) is 0.235. The van der Waals surface area contributed by atoms with Crippen molar-refractivity contribution in [2.24, 2.45) is 0 Å². The van der Waals surface area contributed by atoms with E-state index in [2.05, 4.69) is 5.32 Å². The number of hydrogen-bond acceptors (Lipinski definition) is 5. The number of methoxy groups -OCH3 is 1. The fourth-order valence-corrected chi connectivity index (χ4v) is 6.77.